The summed E-state index contributed by atoms with van der Waals surface area (Å²) in [6.07, 6.45) is 6.52. The van der Waals surface area contributed by atoms with E-state index in [9.17, 15) is 4.79 Å². The Balaban J connectivity index is 1.60. The first kappa shape index (κ1) is 14.8. The molecule has 1 saturated heterocycles. The van der Waals surface area contributed by atoms with E-state index >= 15 is 0 Å². The summed E-state index contributed by atoms with van der Waals surface area (Å²) in [5.41, 5.74) is 0. The second-order valence-corrected chi connectivity index (χ2v) is 6.03. The number of piperidine rings is 1. The number of carbonyl (C=O) groups excluding carboxylic acids is 1. The molecule has 6 nitrogen and oxygen atoms in total. The van der Waals surface area contributed by atoms with Crippen LogP contribution in [0.3, 0.4) is 0 Å². The van der Waals surface area contributed by atoms with Crippen molar-refractivity contribution in [2.24, 2.45) is 0 Å². The number of rotatable bonds is 4. The average molecular weight is 302 g/mol. The van der Waals surface area contributed by atoms with Crippen molar-refractivity contribution in [3.8, 4) is 0 Å². The molecule has 0 aliphatic carbocycles. The Kier molecular flexibility index (Phi) is 4.27. The monoisotopic (exact) mass is 302 g/mol. The molecule has 3 rings (SSSR count). The van der Waals surface area contributed by atoms with E-state index in [-0.39, 0.29) is 17.9 Å². The summed E-state index contributed by atoms with van der Waals surface area (Å²) in [4.78, 5) is 18.8. The van der Waals surface area contributed by atoms with Gasteiger partial charge in [0.2, 0.25) is 11.8 Å². The summed E-state index contributed by atoms with van der Waals surface area (Å²) in [7, 11) is 0. The van der Waals surface area contributed by atoms with Crippen LogP contribution >= 0.6 is 0 Å². The Bertz CT molecular complexity index is 620. The van der Waals surface area contributed by atoms with Gasteiger partial charge in [-0.05, 0) is 31.9 Å². The van der Waals surface area contributed by atoms with E-state index in [0.29, 0.717) is 18.9 Å². The second-order valence-electron chi connectivity index (χ2n) is 6.03. The van der Waals surface area contributed by atoms with Crippen LogP contribution < -0.4 is 0 Å². The van der Waals surface area contributed by atoms with Crippen molar-refractivity contribution < 1.29 is 9.32 Å². The fraction of sp³-hybridized carbons (Fsp3) is 0.562. The summed E-state index contributed by atoms with van der Waals surface area (Å²) in [5, 5.41) is 4.01. The number of hydrogen-bond donors (Lipinski definition) is 0. The molecule has 1 aliphatic rings. The predicted molar refractivity (Wildman–Crippen MR) is 81.4 cm³/mol. The number of hydrogen-bond acceptors (Lipinski definition) is 4. The van der Waals surface area contributed by atoms with Gasteiger partial charge in [0.05, 0.1) is 0 Å². The van der Waals surface area contributed by atoms with E-state index in [1.807, 2.05) is 29.4 Å². The van der Waals surface area contributed by atoms with Crippen LogP contribution in [0.4, 0.5) is 0 Å². The zero-order valence-electron chi connectivity index (χ0n) is 13.1. The van der Waals surface area contributed by atoms with Crippen LogP contribution in [0.15, 0.2) is 29.0 Å². The van der Waals surface area contributed by atoms with Crippen LogP contribution in [0, 0.1) is 6.92 Å². The molecule has 2 atom stereocenters. The molecule has 0 unspecified atom stereocenters. The molecule has 1 amide bonds. The van der Waals surface area contributed by atoms with Crippen molar-refractivity contribution in [1.82, 2.24) is 19.6 Å². The zero-order valence-corrected chi connectivity index (χ0v) is 13.1. The predicted octanol–water partition coefficient (Wildman–Crippen LogP) is 2.54. The molecule has 0 bridgehead atoms. The van der Waals surface area contributed by atoms with Crippen LogP contribution in [-0.2, 0) is 4.79 Å². The highest BCUT2D eigenvalue weighted by molar-refractivity contribution is 5.76. The van der Waals surface area contributed by atoms with E-state index in [1.165, 1.54) is 0 Å². The van der Waals surface area contributed by atoms with Gasteiger partial charge < -0.3 is 14.0 Å². The van der Waals surface area contributed by atoms with Crippen LogP contribution in [0.25, 0.3) is 0 Å². The van der Waals surface area contributed by atoms with Gasteiger partial charge >= 0.3 is 0 Å². The molecule has 0 radical (unpaired) electrons. The van der Waals surface area contributed by atoms with E-state index in [2.05, 4.69) is 21.6 Å². The van der Waals surface area contributed by atoms with Crippen LogP contribution in [-0.4, -0.2) is 38.6 Å². The van der Waals surface area contributed by atoms with Gasteiger partial charge in [-0.2, -0.15) is 4.98 Å². The summed E-state index contributed by atoms with van der Waals surface area (Å²) in [6, 6.07) is 4.14. The number of amides is 1. The first-order chi connectivity index (χ1) is 10.6. The molecule has 0 saturated carbocycles. The summed E-state index contributed by atoms with van der Waals surface area (Å²) >= 11 is 0. The molecule has 1 fully saturated rings. The molecule has 2 aromatic heterocycles. The third-order valence-corrected chi connectivity index (χ3v) is 4.29. The summed E-state index contributed by atoms with van der Waals surface area (Å²) in [5.74, 6) is 1.70. The standard InChI is InChI=1S/C16H22N4O2/c1-12(19-7-3-4-8-19)10-15(21)20-9-5-6-14(11-20)16-17-13(2)22-18-16/h3-4,7-8,12,14H,5-6,9-11H2,1-2H3/t12-,14-/m1/s1. The lowest BCUT2D eigenvalue weighted by Gasteiger charge is -2.32. The van der Waals surface area contributed by atoms with Gasteiger partial charge in [0.25, 0.3) is 0 Å². The van der Waals surface area contributed by atoms with Crippen LogP contribution in [0.5, 0.6) is 0 Å². The normalized spacial score (nSPS) is 20.1. The molecule has 1 aliphatic heterocycles. The molecule has 118 valence electrons. The average Bonchev–Trinajstić information content (AvgIpc) is 3.18. The van der Waals surface area contributed by atoms with Gasteiger partial charge in [-0.3, -0.25) is 4.79 Å². The molecule has 22 heavy (non-hydrogen) atoms. The highest BCUT2D eigenvalue weighted by atomic mass is 16.5. The first-order valence-corrected chi connectivity index (χ1v) is 7.84. The van der Waals surface area contributed by atoms with Crippen molar-refractivity contribution in [3.63, 3.8) is 0 Å². The largest absolute Gasteiger partial charge is 0.351 e. The maximum absolute atomic E-state index is 12.5. The maximum atomic E-state index is 12.5. The minimum Gasteiger partial charge on any atom is -0.351 e. The Morgan fingerprint density at radius 3 is 2.91 bits per heavy atom. The lowest BCUT2D eigenvalue weighted by Crippen LogP contribution is -2.40. The smallest absolute Gasteiger partial charge is 0.224 e. The summed E-state index contributed by atoms with van der Waals surface area (Å²) < 4.78 is 7.13. The molecule has 2 aromatic rings. The molecule has 0 N–H and O–H groups in total. The fourth-order valence-corrected chi connectivity index (χ4v) is 3.02. The first-order valence-electron chi connectivity index (χ1n) is 7.84. The number of nitrogens with zero attached hydrogens (tertiary/aromatic N) is 4. The Morgan fingerprint density at radius 1 is 1.45 bits per heavy atom. The Labute approximate surface area is 130 Å². The molecular weight excluding hydrogens is 280 g/mol. The fourth-order valence-electron chi connectivity index (χ4n) is 3.02. The highest BCUT2D eigenvalue weighted by Gasteiger charge is 2.28. The summed E-state index contributed by atoms with van der Waals surface area (Å²) in [6.45, 7) is 5.38. The van der Waals surface area contributed by atoms with Gasteiger partial charge in [0.1, 0.15) is 0 Å². The Morgan fingerprint density at radius 2 is 2.23 bits per heavy atom. The van der Waals surface area contributed by atoms with E-state index in [4.69, 9.17) is 4.52 Å². The minimum atomic E-state index is 0.176. The van der Waals surface area contributed by atoms with E-state index in [1.54, 1.807) is 6.92 Å². The maximum Gasteiger partial charge on any atom is 0.224 e. The van der Waals surface area contributed by atoms with Crippen molar-refractivity contribution in [2.45, 2.75) is 45.1 Å². The lowest BCUT2D eigenvalue weighted by molar-refractivity contribution is -0.133. The third-order valence-electron chi connectivity index (χ3n) is 4.29. The quantitative estimate of drug-likeness (QED) is 0.870. The molecule has 3 heterocycles. The molecular formula is C16H22N4O2. The van der Waals surface area contributed by atoms with Crippen molar-refractivity contribution >= 4 is 5.91 Å². The van der Waals surface area contributed by atoms with Gasteiger partial charge in [-0.25, -0.2) is 0 Å². The zero-order chi connectivity index (χ0) is 15.5. The van der Waals surface area contributed by atoms with Crippen molar-refractivity contribution in [3.05, 3.63) is 36.2 Å². The van der Waals surface area contributed by atoms with Gasteiger partial charge in [0, 0.05) is 50.8 Å². The molecule has 0 aromatic carbocycles. The van der Waals surface area contributed by atoms with Crippen LogP contribution in [0.2, 0.25) is 0 Å². The van der Waals surface area contributed by atoms with E-state index in [0.717, 1.165) is 25.2 Å². The molecule has 0 spiro atoms. The van der Waals surface area contributed by atoms with Gasteiger partial charge in [-0.15, -0.1) is 0 Å². The molecule has 6 heteroatoms. The second kappa shape index (κ2) is 6.34. The van der Waals surface area contributed by atoms with E-state index < -0.39 is 0 Å². The number of likely N-dealkylation sites (tertiary alicyclic amines) is 1. The Hall–Kier alpha value is -2.11. The topological polar surface area (TPSA) is 64.2 Å². The third kappa shape index (κ3) is 3.21. The minimum absolute atomic E-state index is 0.176. The lowest BCUT2D eigenvalue weighted by atomic mass is 9.97. The SMILES string of the molecule is Cc1nc([C@@H]2CCCN(C(=O)C[C@@H](C)n3cccc3)C2)no1. The van der Waals surface area contributed by atoms with Gasteiger partial charge in [-0.1, -0.05) is 5.16 Å². The van der Waals surface area contributed by atoms with Crippen LogP contribution in [0.1, 0.15) is 49.9 Å². The number of carbonyl (C=O) groups is 1. The number of aromatic nitrogens is 3. The highest BCUT2D eigenvalue weighted by Crippen LogP contribution is 2.26. The number of aryl methyl sites for hydroxylation is 1. The van der Waals surface area contributed by atoms with Gasteiger partial charge in [0.15, 0.2) is 5.82 Å². The van der Waals surface area contributed by atoms with Crippen molar-refractivity contribution in [2.75, 3.05) is 13.1 Å². The van der Waals surface area contributed by atoms with Crippen molar-refractivity contribution in [1.29, 1.82) is 0 Å².